The van der Waals surface area contributed by atoms with Crippen LogP contribution in [-0.2, 0) is 9.59 Å². The van der Waals surface area contributed by atoms with Crippen LogP contribution in [0.1, 0.15) is 11.1 Å². The second kappa shape index (κ2) is 8.93. The molecule has 0 aliphatic carbocycles. The number of ether oxygens (including phenoxy) is 2. The number of hydrogen-bond donors (Lipinski definition) is 1. The summed E-state index contributed by atoms with van der Waals surface area (Å²) in [7, 11) is 1.51. The quantitative estimate of drug-likeness (QED) is 0.498. The highest BCUT2D eigenvalue weighted by Crippen LogP contribution is 2.35. The molecule has 174 valence electrons. The minimum Gasteiger partial charge on any atom is -0.497 e. The third-order valence-electron chi connectivity index (χ3n) is 5.08. The monoisotopic (exact) mass is 468 g/mol. The number of nitrogens with one attached hydrogen (secondary N) is 1. The number of imide groups is 1. The van der Waals surface area contributed by atoms with Crippen molar-refractivity contribution in [2.24, 2.45) is 0 Å². The molecule has 1 aliphatic heterocycles. The Morgan fingerprint density at radius 2 is 1.50 bits per heavy atom. The summed E-state index contributed by atoms with van der Waals surface area (Å²) in [4.78, 5) is 27.9. The van der Waals surface area contributed by atoms with Crippen molar-refractivity contribution in [1.82, 2.24) is 0 Å². The first-order valence-corrected chi connectivity index (χ1v) is 10.1. The fraction of sp³-hybridized carbons (Fsp3) is 0.120. The van der Waals surface area contributed by atoms with Crippen LogP contribution >= 0.6 is 0 Å². The predicted octanol–water partition coefficient (Wildman–Crippen LogP) is 5.30. The largest absolute Gasteiger partial charge is 0.573 e. The Labute approximate surface area is 193 Å². The molecule has 0 bridgehead atoms. The maximum absolute atomic E-state index is 13.4. The third kappa shape index (κ3) is 4.73. The van der Waals surface area contributed by atoms with E-state index in [1.807, 2.05) is 13.0 Å². The molecule has 4 rings (SSSR count). The van der Waals surface area contributed by atoms with E-state index in [4.69, 9.17) is 4.74 Å². The first kappa shape index (κ1) is 22.9. The number of aryl methyl sites for hydroxylation is 1. The van der Waals surface area contributed by atoms with Gasteiger partial charge in [0, 0.05) is 5.69 Å². The number of nitrogens with zero attached hydrogens (tertiary/aromatic N) is 1. The summed E-state index contributed by atoms with van der Waals surface area (Å²) in [6.45, 7) is 1.84. The van der Waals surface area contributed by atoms with E-state index in [9.17, 15) is 22.8 Å². The van der Waals surface area contributed by atoms with Crippen molar-refractivity contribution in [3.05, 3.63) is 89.6 Å². The van der Waals surface area contributed by atoms with Crippen LogP contribution in [0, 0.1) is 6.92 Å². The highest BCUT2D eigenvalue weighted by atomic mass is 19.4. The number of anilines is 2. The van der Waals surface area contributed by atoms with Crippen molar-refractivity contribution in [3.63, 3.8) is 0 Å². The summed E-state index contributed by atoms with van der Waals surface area (Å²) in [5.41, 5.74) is 2.19. The Hall–Kier alpha value is -4.27. The zero-order valence-corrected chi connectivity index (χ0v) is 18.1. The molecule has 1 aliphatic rings. The number of halogens is 3. The molecule has 0 unspecified atom stereocenters. The molecule has 0 atom stereocenters. The second-order valence-corrected chi connectivity index (χ2v) is 7.46. The molecule has 1 N–H and O–H groups in total. The van der Waals surface area contributed by atoms with Gasteiger partial charge in [-0.05, 0) is 66.6 Å². The number of rotatable bonds is 6. The lowest BCUT2D eigenvalue weighted by Gasteiger charge is -2.16. The van der Waals surface area contributed by atoms with Gasteiger partial charge >= 0.3 is 6.36 Å². The van der Waals surface area contributed by atoms with Gasteiger partial charge in [-0.1, -0.05) is 24.3 Å². The SMILES string of the molecule is COc1ccc(C2=C(Nc3ccc(OC(F)(F)F)cc3)C(=O)N(c3cccc(C)c3)C2=O)cc1. The van der Waals surface area contributed by atoms with Gasteiger partial charge in [0.05, 0.1) is 18.4 Å². The van der Waals surface area contributed by atoms with Crippen LogP contribution in [0.4, 0.5) is 24.5 Å². The topological polar surface area (TPSA) is 67.9 Å². The van der Waals surface area contributed by atoms with Crippen LogP contribution in [0.3, 0.4) is 0 Å². The van der Waals surface area contributed by atoms with Gasteiger partial charge in [0.1, 0.15) is 17.2 Å². The Bertz CT molecular complexity index is 1270. The van der Waals surface area contributed by atoms with E-state index in [0.717, 1.165) is 22.6 Å². The molecule has 0 fully saturated rings. The van der Waals surface area contributed by atoms with Gasteiger partial charge in [0.25, 0.3) is 11.8 Å². The number of alkyl halides is 3. The molecular weight excluding hydrogens is 449 g/mol. The van der Waals surface area contributed by atoms with Crippen LogP contribution in [0.25, 0.3) is 5.57 Å². The Morgan fingerprint density at radius 1 is 0.853 bits per heavy atom. The van der Waals surface area contributed by atoms with E-state index < -0.39 is 23.9 Å². The van der Waals surface area contributed by atoms with Crippen LogP contribution in [0.2, 0.25) is 0 Å². The molecule has 6 nitrogen and oxygen atoms in total. The van der Waals surface area contributed by atoms with Crippen molar-refractivity contribution in [1.29, 1.82) is 0 Å². The Kier molecular flexibility index (Phi) is 6.02. The van der Waals surface area contributed by atoms with E-state index in [-0.39, 0.29) is 11.3 Å². The summed E-state index contributed by atoms with van der Waals surface area (Å²) in [5, 5.41) is 2.90. The maximum atomic E-state index is 13.4. The van der Waals surface area contributed by atoms with E-state index in [2.05, 4.69) is 10.1 Å². The van der Waals surface area contributed by atoms with Gasteiger partial charge in [0.15, 0.2) is 0 Å². The van der Waals surface area contributed by atoms with Crippen molar-refractivity contribution < 1.29 is 32.2 Å². The van der Waals surface area contributed by atoms with E-state index in [0.29, 0.717) is 22.7 Å². The minimum absolute atomic E-state index is 0.00108. The second-order valence-electron chi connectivity index (χ2n) is 7.46. The van der Waals surface area contributed by atoms with Crippen LogP contribution in [-0.4, -0.2) is 25.3 Å². The van der Waals surface area contributed by atoms with Gasteiger partial charge in [-0.3, -0.25) is 9.59 Å². The number of hydrogen-bond acceptors (Lipinski definition) is 5. The first-order chi connectivity index (χ1) is 16.2. The zero-order valence-electron chi connectivity index (χ0n) is 18.1. The molecular formula is C25H19F3N2O4. The summed E-state index contributed by atoms with van der Waals surface area (Å²) in [6.07, 6.45) is -4.82. The lowest BCUT2D eigenvalue weighted by molar-refractivity contribution is -0.274. The van der Waals surface area contributed by atoms with E-state index in [1.54, 1.807) is 42.5 Å². The summed E-state index contributed by atoms with van der Waals surface area (Å²) in [5.74, 6) is -0.943. The standard InChI is InChI=1S/C25H19F3N2O4/c1-15-4-3-5-18(14-15)30-23(31)21(16-6-10-19(33-2)11-7-16)22(24(30)32)29-17-8-12-20(13-9-17)34-25(26,27)28/h3-14,29H,1-2H3. The molecule has 0 aromatic heterocycles. The number of benzene rings is 3. The van der Waals surface area contributed by atoms with Gasteiger partial charge in [-0.25, -0.2) is 4.90 Å². The van der Waals surface area contributed by atoms with Crippen LogP contribution in [0.5, 0.6) is 11.5 Å². The molecule has 0 radical (unpaired) electrons. The van der Waals surface area contributed by atoms with Gasteiger partial charge in [-0.15, -0.1) is 13.2 Å². The molecule has 9 heteroatoms. The smallest absolute Gasteiger partial charge is 0.497 e. The average molecular weight is 468 g/mol. The normalized spacial score (nSPS) is 14.0. The Morgan fingerprint density at radius 3 is 2.09 bits per heavy atom. The lowest BCUT2D eigenvalue weighted by atomic mass is 10.0. The molecule has 34 heavy (non-hydrogen) atoms. The maximum Gasteiger partial charge on any atom is 0.573 e. The van der Waals surface area contributed by atoms with Gasteiger partial charge in [-0.2, -0.15) is 0 Å². The van der Waals surface area contributed by atoms with E-state index in [1.165, 1.54) is 19.2 Å². The van der Waals surface area contributed by atoms with Crippen molar-refractivity contribution >= 4 is 28.8 Å². The van der Waals surface area contributed by atoms with Crippen LogP contribution in [0.15, 0.2) is 78.5 Å². The Balaban J connectivity index is 1.73. The average Bonchev–Trinajstić information content (AvgIpc) is 3.03. The summed E-state index contributed by atoms with van der Waals surface area (Å²) >= 11 is 0. The lowest BCUT2D eigenvalue weighted by Crippen LogP contribution is -2.32. The van der Waals surface area contributed by atoms with Crippen molar-refractivity contribution in [3.8, 4) is 11.5 Å². The number of carbonyl (C=O) groups excluding carboxylic acids is 2. The summed E-state index contributed by atoms with van der Waals surface area (Å²) < 4.78 is 46.4. The fourth-order valence-electron chi connectivity index (χ4n) is 3.56. The number of amides is 2. The molecule has 3 aromatic rings. The molecule has 0 saturated heterocycles. The van der Waals surface area contributed by atoms with Gasteiger partial charge < -0.3 is 14.8 Å². The first-order valence-electron chi connectivity index (χ1n) is 10.1. The summed E-state index contributed by atoms with van der Waals surface area (Å²) in [6, 6.07) is 18.5. The third-order valence-corrected chi connectivity index (χ3v) is 5.08. The number of carbonyl (C=O) groups is 2. The van der Waals surface area contributed by atoms with Crippen molar-refractivity contribution in [2.75, 3.05) is 17.3 Å². The number of methoxy groups -OCH3 is 1. The fourth-order valence-corrected chi connectivity index (χ4v) is 3.56. The molecule has 2 amide bonds. The zero-order chi connectivity index (χ0) is 24.5. The molecule has 1 heterocycles. The van der Waals surface area contributed by atoms with Gasteiger partial charge in [0.2, 0.25) is 0 Å². The minimum atomic E-state index is -4.82. The predicted molar refractivity (Wildman–Crippen MR) is 120 cm³/mol. The molecule has 0 spiro atoms. The molecule has 0 saturated carbocycles. The molecule has 3 aromatic carbocycles. The highest BCUT2D eigenvalue weighted by Gasteiger charge is 2.40. The van der Waals surface area contributed by atoms with E-state index >= 15 is 0 Å². The van der Waals surface area contributed by atoms with Crippen molar-refractivity contribution in [2.45, 2.75) is 13.3 Å². The van der Waals surface area contributed by atoms with Crippen LogP contribution < -0.4 is 19.7 Å². The highest BCUT2D eigenvalue weighted by molar-refractivity contribution is 6.46.